The summed E-state index contributed by atoms with van der Waals surface area (Å²) in [6.07, 6.45) is -5.55. The first kappa shape index (κ1) is 15.2. The van der Waals surface area contributed by atoms with Gasteiger partial charge in [0.25, 0.3) is 0 Å². The molecule has 1 aromatic rings. The lowest BCUT2D eigenvalue weighted by Gasteiger charge is -2.02. The molecule has 0 aliphatic heterocycles. The third-order valence-corrected chi connectivity index (χ3v) is 2.51. The van der Waals surface area contributed by atoms with Crippen molar-refractivity contribution in [1.82, 2.24) is 4.98 Å². The topological polar surface area (TPSA) is 50.2 Å². The summed E-state index contributed by atoms with van der Waals surface area (Å²) in [7, 11) is 0. The van der Waals surface area contributed by atoms with Crippen molar-refractivity contribution in [3.8, 4) is 0 Å². The molecule has 0 saturated heterocycles. The molecule has 0 radical (unpaired) electrons. The fourth-order valence-corrected chi connectivity index (χ4v) is 1.75. The maximum atomic E-state index is 11.8. The Hall–Kier alpha value is -0.820. The Morgan fingerprint density at radius 3 is 2.62 bits per heavy atom. The van der Waals surface area contributed by atoms with Crippen LogP contribution >= 0.6 is 23.7 Å². The van der Waals surface area contributed by atoms with Crippen LogP contribution in [0.15, 0.2) is 5.38 Å². The van der Waals surface area contributed by atoms with E-state index in [1.54, 1.807) is 0 Å². The molecule has 0 aliphatic carbocycles. The van der Waals surface area contributed by atoms with Gasteiger partial charge in [-0.05, 0) is 0 Å². The van der Waals surface area contributed by atoms with Crippen LogP contribution in [0.1, 0.15) is 17.1 Å². The summed E-state index contributed by atoms with van der Waals surface area (Å²) < 4.78 is 35.5. The number of aliphatic carboxylic acids is 1. The number of alkyl halides is 3. The van der Waals surface area contributed by atoms with Gasteiger partial charge in [0.1, 0.15) is 0 Å². The summed E-state index contributed by atoms with van der Waals surface area (Å²) in [5.74, 6) is -1.04. The molecule has 0 spiro atoms. The lowest BCUT2D eigenvalue weighted by molar-refractivity contribution is -0.136. The predicted octanol–water partition coefficient (Wildman–Crippen LogP) is 2.69. The van der Waals surface area contributed by atoms with Gasteiger partial charge in [-0.2, -0.15) is 13.2 Å². The largest absolute Gasteiger partial charge is 0.481 e. The second-order valence-corrected chi connectivity index (χ2v) is 3.86. The molecule has 0 saturated carbocycles. The number of hydrogen-bond donors (Lipinski definition) is 1. The number of carboxylic acid groups (broad SMARTS) is 1. The van der Waals surface area contributed by atoms with Crippen LogP contribution in [-0.4, -0.2) is 22.2 Å². The number of thiazole rings is 1. The summed E-state index contributed by atoms with van der Waals surface area (Å²) in [4.78, 5) is 14.1. The molecule has 0 aliphatic rings. The van der Waals surface area contributed by atoms with Crippen LogP contribution < -0.4 is 0 Å². The monoisotopic (exact) mass is 275 g/mol. The summed E-state index contributed by atoms with van der Waals surface area (Å²) in [6, 6.07) is 0. The fraction of sp³-hybridized carbons (Fsp3) is 0.500. The lowest BCUT2D eigenvalue weighted by Crippen LogP contribution is -2.08. The molecular weight excluding hydrogens is 267 g/mol. The fourth-order valence-electron chi connectivity index (χ4n) is 0.949. The van der Waals surface area contributed by atoms with E-state index >= 15 is 0 Å². The highest BCUT2D eigenvalue weighted by Gasteiger charge is 2.27. The van der Waals surface area contributed by atoms with Gasteiger partial charge in [0.15, 0.2) is 0 Å². The van der Waals surface area contributed by atoms with Crippen molar-refractivity contribution >= 4 is 29.7 Å². The number of aryl methyl sites for hydroxylation is 1. The lowest BCUT2D eigenvalue weighted by atomic mass is 10.3. The van der Waals surface area contributed by atoms with Crippen LogP contribution in [0.2, 0.25) is 0 Å². The Balaban J connectivity index is 0.00000225. The van der Waals surface area contributed by atoms with Crippen LogP contribution in [-0.2, 0) is 17.6 Å². The van der Waals surface area contributed by atoms with Crippen LogP contribution in [0.4, 0.5) is 13.2 Å². The summed E-state index contributed by atoms with van der Waals surface area (Å²) >= 11 is 1.06. The Labute approximate surface area is 99.7 Å². The average Bonchev–Trinajstić information content (AvgIpc) is 2.46. The van der Waals surface area contributed by atoms with Gasteiger partial charge in [0.05, 0.1) is 17.1 Å². The summed E-state index contributed by atoms with van der Waals surface area (Å²) in [5.41, 5.74) is 0.310. The Morgan fingerprint density at radius 1 is 1.50 bits per heavy atom. The quantitative estimate of drug-likeness (QED) is 0.919. The first-order chi connectivity index (χ1) is 6.87. The van der Waals surface area contributed by atoms with E-state index in [1.807, 2.05) is 0 Å². The van der Waals surface area contributed by atoms with E-state index < -0.39 is 18.6 Å². The first-order valence-electron chi connectivity index (χ1n) is 4.08. The third-order valence-electron chi connectivity index (χ3n) is 1.55. The third kappa shape index (κ3) is 5.92. The number of carbonyl (C=O) groups is 1. The SMILES string of the molecule is Cl.O=C(O)Cc1csc(CCC(F)(F)F)n1. The van der Waals surface area contributed by atoms with Gasteiger partial charge in [-0.25, -0.2) is 4.98 Å². The van der Waals surface area contributed by atoms with Gasteiger partial charge in [-0.1, -0.05) is 0 Å². The van der Waals surface area contributed by atoms with Crippen molar-refractivity contribution in [2.45, 2.75) is 25.4 Å². The second kappa shape index (κ2) is 6.05. The van der Waals surface area contributed by atoms with Crippen molar-refractivity contribution < 1.29 is 23.1 Å². The zero-order valence-corrected chi connectivity index (χ0v) is 9.58. The zero-order chi connectivity index (χ0) is 11.5. The number of halogens is 4. The molecule has 0 unspecified atom stereocenters. The summed E-state index contributed by atoms with van der Waals surface area (Å²) in [6.45, 7) is 0. The van der Waals surface area contributed by atoms with Crippen molar-refractivity contribution in [3.05, 3.63) is 16.1 Å². The minimum atomic E-state index is -4.20. The molecule has 0 bridgehead atoms. The maximum absolute atomic E-state index is 11.8. The Kier molecular flexibility index (Phi) is 5.74. The Bertz CT molecular complexity index is 353. The minimum absolute atomic E-state index is 0. The van der Waals surface area contributed by atoms with E-state index in [0.29, 0.717) is 10.7 Å². The normalized spacial score (nSPS) is 10.9. The number of rotatable bonds is 4. The zero-order valence-electron chi connectivity index (χ0n) is 7.95. The number of nitrogens with zero attached hydrogens (tertiary/aromatic N) is 1. The van der Waals surface area contributed by atoms with Crippen LogP contribution in [0.25, 0.3) is 0 Å². The van der Waals surface area contributed by atoms with Crippen LogP contribution in [0, 0.1) is 0 Å². The predicted molar refractivity (Wildman–Crippen MR) is 55.1 cm³/mol. The van der Waals surface area contributed by atoms with Crippen LogP contribution in [0.3, 0.4) is 0 Å². The van der Waals surface area contributed by atoms with Crippen LogP contribution in [0.5, 0.6) is 0 Å². The van der Waals surface area contributed by atoms with E-state index in [0.717, 1.165) is 11.3 Å². The Morgan fingerprint density at radius 2 is 2.12 bits per heavy atom. The molecule has 0 atom stereocenters. The molecule has 1 heterocycles. The van der Waals surface area contributed by atoms with Gasteiger partial charge >= 0.3 is 12.1 Å². The van der Waals surface area contributed by atoms with Gasteiger partial charge < -0.3 is 5.11 Å². The molecule has 0 fully saturated rings. The highest BCUT2D eigenvalue weighted by atomic mass is 35.5. The molecular formula is C8H9ClF3NO2S. The van der Waals surface area contributed by atoms with E-state index in [4.69, 9.17) is 5.11 Å². The van der Waals surface area contributed by atoms with Crippen molar-refractivity contribution in [1.29, 1.82) is 0 Å². The van der Waals surface area contributed by atoms with E-state index in [-0.39, 0.29) is 25.2 Å². The standard InChI is InChI=1S/C8H8F3NO2S.ClH/c9-8(10,11)2-1-6-12-5(4-15-6)3-7(13)14;/h4H,1-3H2,(H,13,14);1H. The molecule has 8 heteroatoms. The van der Waals surface area contributed by atoms with Crippen molar-refractivity contribution in [2.75, 3.05) is 0 Å². The number of carboxylic acids is 1. The maximum Gasteiger partial charge on any atom is 0.389 e. The molecule has 16 heavy (non-hydrogen) atoms. The number of hydrogen-bond acceptors (Lipinski definition) is 3. The van der Waals surface area contributed by atoms with Gasteiger partial charge in [-0.15, -0.1) is 23.7 Å². The van der Waals surface area contributed by atoms with E-state index in [1.165, 1.54) is 5.38 Å². The second-order valence-electron chi connectivity index (χ2n) is 2.92. The summed E-state index contributed by atoms with van der Waals surface area (Å²) in [5, 5.41) is 10.2. The van der Waals surface area contributed by atoms with E-state index in [9.17, 15) is 18.0 Å². The first-order valence-corrected chi connectivity index (χ1v) is 4.96. The molecule has 92 valence electrons. The molecule has 1 N–H and O–H groups in total. The average molecular weight is 276 g/mol. The highest BCUT2D eigenvalue weighted by molar-refractivity contribution is 7.09. The van der Waals surface area contributed by atoms with Crippen molar-refractivity contribution in [3.63, 3.8) is 0 Å². The molecule has 1 rings (SSSR count). The highest BCUT2D eigenvalue weighted by Crippen LogP contribution is 2.23. The smallest absolute Gasteiger partial charge is 0.389 e. The van der Waals surface area contributed by atoms with E-state index in [2.05, 4.69) is 4.98 Å². The van der Waals surface area contributed by atoms with Crippen molar-refractivity contribution in [2.24, 2.45) is 0 Å². The molecule has 0 aromatic carbocycles. The molecule has 0 amide bonds. The number of aromatic nitrogens is 1. The van der Waals surface area contributed by atoms with Gasteiger partial charge in [-0.3, -0.25) is 4.79 Å². The molecule has 3 nitrogen and oxygen atoms in total. The van der Waals surface area contributed by atoms with Gasteiger partial charge in [0, 0.05) is 18.2 Å². The van der Waals surface area contributed by atoms with Gasteiger partial charge in [0.2, 0.25) is 0 Å². The minimum Gasteiger partial charge on any atom is -0.481 e. The molecule has 1 aromatic heterocycles.